The van der Waals surface area contributed by atoms with Gasteiger partial charge in [-0.1, -0.05) is 36.4 Å². The molecule has 3 aromatic carbocycles. The predicted octanol–water partition coefficient (Wildman–Crippen LogP) is 3.53. The summed E-state index contributed by atoms with van der Waals surface area (Å²) in [6, 6.07) is 22.2. The van der Waals surface area contributed by atoms with E-state index in [1.807, 2.05) is 78.6 Å². The first kappa shape index (κ1) is 27.4. The number of nitrogens with zero attached hydrogens (tertiary/aromatic N) is 4. The van der Waals surface area contributed by atoms with Crippen molar-refractivity contribution < 1.29 is 14.3 Å². The Morgan fingerprint density at radius 2 is 1.65 bits per heavy atom. The maximum absolute atomic E-state index is 13.8. The number of para-hydroxylation sites is 3. The first-order valence-electron chi connectivity index (χ1n) is 13.7. The first-order chi connectivity index (χ1) is 19.5. The number of rotatable bonds is 9. The predicted molar refractivity (Wildman–Crippen MR) is 155 cm³/mol. The van der Waals surface area contributed by atoms with Gasteiger partial charge in [-0.25, -0.2) is 4.98 Å². The molecule has 9 heteroatoms. The zero-order valence-corrected chi connectivity index (χ0v) is 23.0. The molecule has 1 atom stereocenters. The van der Waals surface area contributed by atoms with Crippen molar-refractivity contribution in [1.82, 2.24) is 19.4 Å². The number of hydrogen-bond acceptors (Lipinski definition) is 7. The number of fused-ring (bicyclic) bond motifs is 1. The first-order valence-corrected chi connectivity index (χ1v) is 13.7. The van der Waals surface area contributed by atoms with E-state index in [4.69, 9.17) is 20.2 Å². The smallest absolute Gasteiger partial charge is 0.266 e. The molecule has 1 saturated heterocycles. The van der Waals surface area contributed by atoms with Gasteiger partial charge in [0.25, 0.3) is 11.5 Å². The molecule has 1 unspecified atom stereocenters. The van der Waals surface area contributed by atoms with Crippen molar-refractivity contribution in [1.29, 1.82) is 0 Å². The van der Waals surface area contributed by atoms with Crippen molar-refractivity contribution in [2.75, 3.05) is 39.4 Å². The number of carbonyl (C=O) groups excluding carboxylic acids is 1. The number of ether oxygens (including phenoxy) is 2. The van der Waals surface area contributed by atoms with Crippen LogP contribution < -0.4 is 20.8 Å². The summed E-state index contributed by atoms with van der Waals surface area (Å²) in [6.45, 7) is 7.33. The molecule has 0 saturated carbocycles. The van der Waals surface area contributed by atoms with E-state index in [1.54, 1.807) is 10.6 Å². The second-order valence-corrected chi connectivity index (χ2v) is 9.76. The van der Waals surface area contributed by atoms with Crippen LogP contribution in [0.4, 0.5) is 0 Å². The maximum atomic E-state index is 13.8. The summed E-state index contributed by atoms with van der Waals surface area (Å²) >= 11 is 0. The minimum Gasteiger partial charge on any atom is -0.492 e. The Hall–Kier alpha value is -4.21. The van der Waals surface area contributed by atoms with E-state index in [0.29, 0.717) is 73.2 Å². The van der Waals surface area contributed by atoms with E-state index >= 15 is 0 Å². The summed E-state index contributed by atoms with van der Waals surface area (Å²) in [4.78, 5) is 35.8. The van der Waals surface area contributed by atoms with Crippen LogP contribution in [0.3, 0.4) is 0 Å². The van der Waals surface area contributed by atoms with Crippen molar-refractivity contribution in [2.45, 2.75) is 26.4 Å². The lowest BCUT2D eigenvalue weighted by molar-refractivity contribution is -0.135. The third-order valence-electron chi connectivity index (χ3n) is 7.32. The number of carbonyl (C=O) groups is 1. The molecule has 1 fully saturated rings. The Bertz CT molecular complexity index is 1530. The molecule has 2 N–H and O–H groups in total. The van der Waals surface area contributed by atoms with Crippen LogP contribution in [0.25, 0.3) is 16.6 Å². The summed E-state index contributed by atoms with van der Waals surface area (Å²) in [5.74, 6) is 1.86. The van der Waals surface area contributed by atoms with Gasteiger partial charge in [0.2, 0.25) is 0 Å². The van der Waals surface area contributed by atoms with E-state index in [9.17, 15) is 9.59 Å². The quantitative estimate of drug-likeness (QED) is 0.346. The monoisotopic (exact) mass is 541 g/mol. The second kappa shape index (κ2) is 12.3. The number of hydrogen-bond donors (Lipinski definition) is 1. The van der Waals surface area contributed by atoms with Gasteiger partial charge in [-0.05, 0) is 55.8 Å². The van der Waals surface area contributed by atoms with Gasteiger partial charge >= 0.3 is 0 Å². The van der Waals surface area contributed by atoms with Gasteiger partial charge < -0.3 is 20.1 Å². The van der Waals surface area contributed by atoms with Crippen LogP contribution >= 0.6 is 0 Å². The van der Waals surface area contributed by atoms with Crippen molar-refractivity contribution in [3.8, 4) is 17.2 Å². The largest absolute Gasteiger partial charge is 0.492 e. The number of benzene rings is 3. The molecule has 1 aliphatic heterocycles. The summed E-state index contributed by atoms with van der Waals surface area (Å²) in [7, 11) is 0. The van der Waals surface area contributed by atoms with Crippen LogP contribution in [-0.2, 0) is 11.3 Å². The Labute approximate surface area is 233 Å². The topological polar surface area (TPSA) is 103 Å². The van der Waals surface area contributed by atoms with Crippen molar-refractivity contribution in [2.24, 2.45) is 5.73 Å². The van der Waals surface area contributed by atoms with E-state index in [2.05, 4.69) is 11.8 Å². The van der Waals surface area contributed by atoms with Gasteiger partial charge in [-0.2, -0.15) is 0 Å². The lowest BCUT2D eigenvalue weighted by atomic mass is 10.1. The van der Waals surface area contributed by atoms with Gasteiger partial charge in [0.05, 0.1) is 29.2 Å². The maximum Gasteiger partial charge on any atom is 0.266 e. The number of aromatic nitrogens is 2. The molecule has 0 spiro atoms. The fourth-order valence-electron chi connectivity index (χ4n) is 5.06. The Balaban J connectivity index is 1.34. The molecule has 5 rings (SSSR count). The van der Waals surface area contributed by atoms with Crippen LogP contribution in [0.15, 0.2) is 77.6 Å². The van der Waals surface area contributed by atoms with E-state index in [-0.39, 0.29) is 24.1 Å². The molecule has 1 aliphatic rings. The van der Waals surface area contributed by atoms with Gasteiger partial charge in [0.1, 0.15) is 17.3 Å². The van der Waals surface area contributed by atoms with Crippen molar-refractivity contribution >= 4 is 16.8 Å². The fraction of sp³-hybridized carbons (Fsp3) is 0.323. The molecule has 0 radical (unpaired) electrons. The molecule has 9 nitrogen and oxygen atoms in total. The molecule has 1 amide bonds. The average Bonchev–Trinajstić information content (AvgIpc) is 3.00. The minimum atomic E-state index is -0.179. The summed E-state index contributed by atoms with van der Waals surface area (Å²) in [5, 5.41) is 0.554. The van der Waals surface area contributed by atoms with Crippen LogP contribution in [-0.4, -0.2) is 64.7 Å². The molecule has 2 heterocycles. The number of amides is 1. The molecule has 40 heavy (non-hydrogen) atoms. The number of nitrogens with two attached hydrogens (primary N) is 1. The lowest BCUT2D eigenvalue weighted by Crippen LogP contribution is -2.51. The van der Waals surface area contributed by atoms with Gasteiger partial charge in [-0.3, -0.25) is 19.1 Å². The van der Waals surface area contributed by atoms with Crippen molar-refractivity contribution in [3.63, 3.8) is 0 Å². The normalized spacial score (nSPS) is 14.7. The molecular weight excluding hydrogens is 506 g/mol. The third-order valence-corrected chi connectivity index (χ3v) is 7.32. The van der Waals surface area contributed by atoms with Crippen LogP contribution in [0.1, 0.15) is 31.3 Å². The van der Waals surface area contributed by atoms with Gasteiger partial charge in [0, 0.05) is 32.7 Å². The van der Waals surface area contributed by atoms with Crippen molar-refractivity contribution in [3.05, 3.63) is 94.5 Å². The Kier molecular flexibility index (Phi) is 8.42. The van der Waals surface area contributed by atoms with Gasteiger partial charge in [0.15, 0.2) is 6.61 Å². The van der Waals surface area contributed by atoms with Gasteiger partial charge in [-0.15, -0.1) is 0 Å². The second-order valence-electron chi connectivity index (χ2n) is 9.76. The molecule has 4 aromatic rings. The standard InChI is InChI=1S/C31H35N5O4/c1-3-39-28-11-7-6-10-27(28)36-30(33-26-9-5-4-8-25(26)31(36)38)22(2)34-16-18-35(19-17-34)29(37)21-40-24-14-12-23(20-32)13-15-24/h4-15,22H,3,16-21,32H2,1-2H3. The average molecular weight is 542 g/mol. The Morgan fingerprint density at radius 3 is 2.38 bits per heavy atom. The zero-order valence-electron chi connectivity index (χ0n) is 23.0. The fourth-order valence-corrected chi connectivity index (χ4v) is 5.06. The molecule has 1 aromatic heterocycles. The van der Waals surface area contributed by atoms with Crippen LogP contribution in [0, 0.1) is 0 Å². The number of piperazine rings is 1. The van der Waals surface area contributed by atoms with E-state index in [1.165, 1.54) is 0 Å². The summed E-state index contributed by atoms with van der Waals surface area (Å²) in [6.07, 6.45) is 0. The van der Waals surface area contributed by atoms with E-state index in [0.717, 1.165) is 5.56 Å². The summed E-state index contributed by atoms with van der Waals surface area (Å²) < 4.78 is 13.3. The molecule has 208 valence electrons. The SMILES string of the molecule is CCOc1ccccc1-n1c(C(C)N2CCN(C(=O)COc3ccc(CN)cc3)CC2)nc2ccccc2c1=O. The Morgan fingerprint density at radius 1 is 0.950 bits per heavy atom. The minimum absolute atomic E-state index is 0.0164. The summed E-state index contributed by atoms with van der Waals surface area (Å²) in [5.41, 5.74) is 7.85. The van der Waals surface area contributed by atoms with E-state index < -0.39 is 0 Å². The highest BCUT2D eigenvalue weighted by molar-refractivity contribution is 5.78. The molecule has 0 aliphatic carbocycles. The third kappa shape index (κ3) is 5.71. The van der Waals surface area contributed by atoms with Crippen LogP contribution in [0.2, 0.25) is 0 Å². The highest BCUT2D eigenvalue weighted by Crippen LogP contribution is 2.28. The zero-order chi connectivity index (χ0) is 28.1. The highest BCUT2D eigenvalue weighted by Gasteiger charge is 2.29. The lowest BCUT2D eigenvalue weighted by Gasteiger charge is -2.38. The molecular formula is C31H35N5O4. The van der Waals surface area contributed by atoms with Crippen LogP contribution in [0.5, 0.6) is 11.5 Å². The highest BCUT2D eigenvalue weighted by atomic mass is 16.5. The molecule has 0 bridgehead atoms.